The molecule has 0 saturated carbocycles. The van der Waals surface area contributed by atoms with Gasteiger partial charge < -0.3 is 5.32 Å². The lowest BCUT2D eigenvalue weighted by atomic mass is 10.1. The van der Waals surface area contributed by atoms with Crippen molar-refractivity contribution in [1.82, 2.24) is 15.1 Å². The van der Waals surface area contributed by atoms with Gasteiger partial charge in [-0.3, -0.25) is 14.6 Å². The minimum absolute atomic E-state index is 0.137. The summed E-state index contributed by atoms with van der Waals surface area (Å²) in [5.74, 6) is -0.137. The second-order valence-corrected chi connectivity index (χ2v) is 7.79. The molecule has 0 aliphatic carbocycles. The van der Waals surface area contributed by atoms with Gasteiger partial charge in [0.2, 0.25) is 0 Å². The van der Waals surface area contributed by atoms with E-state index in [4.69, 9.17) is 0 Å². The molecule has 122 valence electrons. The molecule has 1 aromatic heterocycles. The molecule has 3 amide bonds. The summed E-state index contributed by atoms with van der Waals surface area (Å²) in [5.41, 5.74) is -0.773. The van der Waals surface area contributed by atoms with E-state index in [9.17, 15) is 9.59 Å². The Morgan fingerprint density at radius 3 is 2.55 bits per heavy atom. The topological polar surface area (TPSA) is 52.6 Å². The smallest absolute Gasteiger partial charge is 0.324 e. The number of carbonyl (C=O) groups is 2. The van der Waals surface area contributed by atoms with E-state index in [2.05, 4.69) is 43.2 Å². The van der Waals surface area contributed by atoms with Gasteiger partial charge in [-0.25, -0.2) is 4.79 Å². The molecule has 1 atom stereocenters. The van der Waals surface area contributed by atoms with Crippen LogP contribution in [0.5, 0.6) is 0 Å². The highest BCUT2D eigenvalue weighted by atomic mass is 32.1. The molecule has 1 aliphatic rings. The van der Waals surface area contributed by atoms with Crippen molar-refractivity contribution in [3.8, 4) is 0 Å². The van der Waals surface area contributed by atoms with Crippen LogP contribution in [-0.4, -0.2) is 47.4 Å². The maximum absolute atomic E-state index is 12.1. The standard InChI is InChI=1S/C16H25N3O2S/c1-11-7-8-13(22-11)12(2)18(5)9-6-10-19-14(20)16(3,4)17-15(19)21/h7-8,12H,6,9-10H2,1-5H3,(H,17,21). The van der Waals surface area contributed by atoms with Gasteiger partial charge in [-0.2, -0.15) is 0 Å². The van der Waals surface area contributed by atoms with Crippen molar-refractivity contribution in [2.75, 3.05) is 20.1 Å². The molecule has 0 spiro atoms. The minimum Gasteiger partial charge on any atom is -0.324 e. The number of imide groups is 1. The lowest BCUT2D eigenvalue weighted by Gasteiger charge is -2.24. The largest absolute Gasteiger partial charge is 0.325 e. The minimum atomic E-state index is -0.773. The number of amides is 3. The summed E-state index contributed by atoms with van der Waals surface area (Å²) >= 11 is 1.81. The summed E-state index contributed by atoms with van der Waals surface area (Å²) < 4.78 is 0. The van der Waals surface area contributed by atoms with Crippen LogP contribution in [0.3, 0.4) is 0 Å². The van der Waals surface area contributed by atoms with Crippen molar-refractivity contribution < 1.29 is 9.59 Å². The Labute approximate surface area is 136 Å². The van der Waals surface area contributed by atoms with Crippen LogP contribution in [0.15, 0.2) is 12.1 Å². The molecule has 0 aromatic carbocycles. The van der Waals surface area contributed by atoms with Crippen LogP contribution in [-0.2, 0) is 4.79 Å². The quantitative estimate of drug-likeness (QED) is 0.819. The van der Waals surface area contributed by atoms with Gasteiger partial charge in [0.25, 0.3) is 5.91 Å². The first-order valence-corrected chi connectivity index (χ1v) is 8.44. The van der Waals surface area contributed by atoms with E-state index in [1.54, 1.807) is 13.8 Å². The highest BCUT2D eigenvalue weighted by molar-refractivity contribution is 7.12. The molecule has 2 heterocycles. The van der Waals surface area contributed by atoms with Crippen molar-refractivity contribution in [3.05, 3.63) is 21.9 Å². The Bertz CT molecular complexity index is 567. The molecule has 0 radical (unpaired) electrons. The summed E-state index contributed by atoms with van der Waals surface area (Å²) in [7, 11) is 2.08. The number of hydrogen-bond acceptors (Lipinski definition) is 4. The van der Waals surface area contributed by atoms with Crippen LogP contribution < -0.4 is 5.32 Å². The molecule has 22 heavy (non-hydrogen) atoms. The fraction of sp³-hybridized carbons (Fsp3) is 0.625. The molecule has 6 heteroatoms. The molecule has 1 aromatic rings. The zero-order valence-corrected chi connectivity index (χ0v) is 14.8. The predicted octanol–water partition coefficient (Wildman–Crippen LogP) is 2.77. The zero-order valence-electron chi connectivity index (χ0n) is 14.0. The third kappa shape index (κ3) is 3.50. The van der Waals surface area contributed by atoms with Gasteiger partial charge in [0.1, 0.15) is 5.54 Å². The van der Waals surface area contributed by atoms with Gasteiger partial charge in [-0.15, -0.1) is 11.3 Å². The Balaban J connectivity index is 1.83. The van der Waals surface area contributed by atoms with Crippen LogP contribution in [0.1, 0.15) is 43.0 Å². The third-order valence-corrected chi connectivity index (χ3v) is 5.34. The second kappa shape index (κ2) is 6.38. The summed E-state index contributed by atoms with van der Waals surface area (Å²) in [6, 6.07) is 4.37. The first-order valence-electron chi connectivity index (χ1n) is 7.63. The molecule has 1 fully saturated rings. The van der Waals surface area contributed by atoms with Gasteiger partial charge in [-0.05, 0) is 53.3 Å². The van der Waals surface area contributed by atoms with Crippen molar-refractivity contribution in [2.45, 2.75) is 45.7 Å². The molecule has 1 aliphatic heterocycles. The second-order valence-electron chi connectivity index (χ2n) is 6.47. The van der Waals surface area contributed by atoms with Gasteiger partial charge in [0, 0.05) is 28.9 Å². The number of nitrogens with zero attached hydrogens (tertiary/aromatic N) is 2. The fourth-order valence-electron chi connectivity index (χ4n) is 2.59. The first-order chi connectivity index (χ1) is 10.2. The number of aryl methyl sites for hydroxylation is 1. The number of carbonyl (C=O) groups excluding carboxylic acids is 2. The van der Waals surface area contributed by atoms with Crippen LogP contribution in [0.2, 0.25) is 0 Å². The van der Waals surface area contributed by atoms with Crippen molar-refractivity contribution in [1.29, 1.82) is 0 Å². The lowest BCUT2D eigenvalue weighted by molar-refractivity contribution is -0.130. The molecule has 5 nitrogen and oxygen atoms in total. The molecular formula is C16H25N3O2S. The van der Waals surface area contributed by atoms with Crippen LogP contribution in [0.25, 0.3) is 0 Å². The molecule has 1 saturated heterocycles. The fourth-order valence-corrected chi connectivity index (χ4v) is 3.58. The molecule has 0 bridgehead atoms. The monoisotopic (exact) mass is 323 g/mol. The predicted molar refractivity (Wildman–Crippen MR) is 89.0 cm³/mol. The van der Waals surface area contributed by atoms with Crippen LogP contribution >= 0.6 is 11.3 Å². The summed E-state index contributed by atoms with van der Waals surface area (Å²) in [5, 5.41) is 2.71. The van der Waals surface area contributed by atoms with Crippen molar-refractivity contribution in [2.24, 2.45) is 0 Å². The highest BCUT2D eigenvalue weighted by Gasteiger charge is 2.43. The molecule has 2 rings (SSSR count). The van der Waals surface area contributed by atoms with E-state index >= 15 is 0 Å². The van der Waals surface area contributed by atoms with Crippen molar-refractivity contribution in [3.63, 3.8) is 0 Å². The maximum Gasteiger partial charge on any atom is 0.325 e. The highest BCUT2D eigenvalue weighted by Crippen LogP contribution is 2.26. The normalized spacial score (nSPS) is 18.9. The summed E-state index contributed by atoms with van der Waals surface area (Å²) in [6.07, 6.45) is 0.778. The lowest BCUT2D eigenvalue weighted by Crippen LogP contribution is -2.40. The third-order valence-electron chi connectivity index (χ3n) is 4.17. The number of nitrogens with one attached hydrogen (secondary N) is 1. The van der Waals surface area contributed by atoms with E-state index in [-0.39, 0.29) is 11.9 Å². The van der Waals surface area contributed by atoms with Crippen LogP contribution in [0, 0.1) is 6.92 Å². The Hall–Kier alpha value is -1.40. The van der Waals surface area contributed by atoms with E-state index in [0.29, 0.717) is 12.6 Å². The van der Waals surface area contributed by atoms with E-state index in [0.717, 1.165) is 13.0 Å². The number of urea groups is 1. The van der Waals surface area contributed by atoms with Gasteiger partial charge in [0.15, 0.2) is 0 Å². The Morgan fingerprint density at radius 1 is 1.36 bits per heavy atom. The molecule has 1 unspecified atom stereocenters. The van der Waals surface area contributed by atoms with Gasteiger partial charge in [0.05, 0.1) is 0 Å². The van der Waals surface area contributed by atoms with E-state index in [1.165, 1.54) is 14.7 Å². The molecule has 1 N–H and O–H groups in total. The summed E-state index contributed by atoms with van der Waals surface area (Å²) in [4.78, 5) is 30.2. The van der Waals surface area contributed by atoms with Gasteiger partial charge >= 0.3 is 6.03 Å². The number of thiophene rings is 1. The SMILES string of the molecule is Cc1ccc(C(C)N(C)CCCN2C(=O)NC(C)(C)C2=O)s1. The van der Waals surface area contributed by atoms with Crippen molar-refractivity contribution >= 4 is 23.3 Å². The first kappa shape index (κ1) is 17.0. The zero-order chi connectivity index (χ0) is 16.5. The van der Waals surface area contributed by atoms with Gasteiger partial charge in [-0.1, -0.05) is 0 Å². The Kier molecular flexibility index (Phi) is 4.92. The number of hydrogen-bond donors (Lipinski definition) is 1. The van der Waals surface area contributed by atoms with E-state index < -0.39 is 5.54 Å². The Morgan fingerprint density at radius 2 is 2.05 bits per heavy atom. The average molecular weight is 323 g/mol. The average Bonchev–Trinajstić information content (AvgIpc) is 2.94. The van der Waals surface area contributed by atoms with E-state index in [1.807, 2.05) is 11.3 Å². The number of rotatable bonds is 6. The van der Waals surface area contributed by atoms with Crippen LogP contribution in [0.4, 0.5) is 4.79 Å². The maximum atomic E-state index is 12.1. The summed E-state index contributed by atoms with van der Waals surface area (Å²) in [6.45, 7) is 9.08. The molecular weight excluding hydrogens is 298 g/mol.